The number of H-pyrrole nitrogens is 1. The van der Waals surface area contributed by atoms with Crippen LogP contribution in [0.4, 0.5) is 5.95 Å². The monoisotopic (exact) mass is 703 g/mol. The van der Waals surface area contributed by atoms with Gasteiger partial charge in [-0.1, -0.05) is 0 Å². The summed E-state index contributed by atoms with van der Waals surface area (Å²) in [6, 6.07) is -0.798. The van der Waals surface area contributed by atoms with Gasteiger partial charge < -0.3 is 48.6 Å². The molecule has 4 aromatic rings. The Bertz CT molecular complexity index is 1940. The fourth-order valence-electron chi connectivity index (χ4n) is 5.93. The number of aliphatic hydroxyl groups is 2. The Hall–Kier alpha value is -2.36. The van der Waals surface area contributed by atoms with E-state index in [0.717, 1.165) is 0 Å². The molecule has 0 radical (unpaired) electrons. The molecule has 0 spiro atoms. The fourth-order valence-corrected chi connectivity index (χ4v) is 8.87. The Morgan fingerprint density at radius 1 is 0.956 bits per heavy atom. The predicted molar refractivity (Wildman–Crippen MR) is 160 cm³/mol. The highest BCUT2D eigenvalue weighted by atomic mass is 32.5. The van der Waals surface area contributed by atoms with Crippen molar-refractivity contribution in [2.45, 2.75) is 56.1 Å². The molecule has 2 saturated heterocycles. The molecule has 1 aliphatic carbocycles. The number of aromatic amines is 1. The summed E-state index contributed by atoms with van der Waals surface area (Å²) in [5.41, 5.74) is 6.75. The van der Waals surface area contributed by atoms with Gasteiger partial charge >= 0.3 is 13.4 Å². The number of nitrogens with zero attached hydrogens (tertiary/aromatic N) is 7. The third-order valence-corrected chi connectivity index (χ3v) is 11.2. The lowest BCUT2D eigenvalue weighted by Gasteiger charge is -2.29. The van der Waals surface area contributed by atoms with Crippen molar-refractivity contribution in [3.8, 4) is 0 Å². The van der Waals surface area contributed by atoms with Crippen LogP contribution in [0.15, 0.2) is 23.8 Å². The molecule has 3 fully saturated rings. The minimum atomic E-state index is -4.10. The van der Waals surface area contributed by atoms with Crippen molar-refractivity contribution in [1.29, 1.82) is 0 Å². The van der Waals surface area contributed by atoms with Gasteiger partial charge in [-0.2, -0.15) is 4.98 Å². The molecule has 0 aromatic carbocycles. The van der Waals surface area contributed by atoms with Crippen molar-refractivity contribution in [2.75, 3.05) is 18.9 Å². The molecule has 242 valence electrons. The van der Waals surface area contributed by atoms with Crippen LogP contribution < -0.4 is 11.3 Å². The summed E-state index contributed by atoms with van der Waals surface area (Å²) in [7, 11) is 0. The molecule has 2 bridgehead atoms. The average Bonchev–Trinajstić information content (AvgIpc) is 3.72. The average molecular weight is 704 g/mol. The fraction of sp³-hybridized carbons (Fsp3) is 0.545. The molecule has 7 rings (SSSR count). The van der Waals surface area contributed by atoms with Gasteiger partial charge in [-0.3, -0.25) is 18.9 Å². The second kappa shape index (κ2) is 11.4. The van der Waals surface area contributed by atoms with Crippen molar-refractivity contribution < 1.29 is 42.8 Å². The van der Waals surface area contributed by atoms with Crippen LogP contribution in [-0.2, 0) is 46.4 Å². The van der Waals surface area contributed by atoms with E-state index in [9.17, 15) is 24.8 Å². The minimum Gasteiger partial charge on any atom is -0.388 e. The van der Waals surface area contributed by atoms with E-state index in [4.69, 9.17) is 52.2 Å². The Kier molecular flexibility index (Phi) is 7.92. The van der Waals surface area contributed by atoms with Crippen molar-refractivity contribution in [2.24, 2.45) is 5.92 Å². The molecule has 7 N–H and O–H groups in total. The summed E-state index contributed by atoms with van der Waals surface area (Å²) in [5.74, 6) is -0.880. The topological polar surface area (TPSA) is 260 Å². The summed E-state index contributed by atoms with van der Waals surface area (Å²) in [4.78, 5) is 57.9. The molecule has 6 heterocycles. The zero-order valence-electron chi connectivity index (χ0n) is 23.1. The number of aromatic nitrogens is 8. The number of imidazole rings is 2. The zero-order chi connectivity index (χ0) is 31.8. The molecule has 2 aliphatic heterocycles. The summed E-state index contributed by atoms with van der Waals surface area (Å²) >= 11 is 10.6. The highest BCUT2D eigenvalue weighted by Crippen LogP contribution is 2.55. The second-order valence-electron chi connectivity index (χ2n) is 10.8. The van der Waals surface area contributed by atoms with Crippen molar-refractivity contribution >= 4 is 65.3 Å². The maximum Gasteiger partial charge on any atom is 0.325 e. The van der Waals surface area contributed by atoms with Gasteiger partial charge in [0.2, 0.25) is 5.95 Å². The molecule has 23 heteroatoms. The standard InChI is InChI=1S/C22H27N9O10P2S2/c1-8-12-18(25-5-24-8)31(7-26-12)21-17-15(33)11(39-21)4-38-43(36,45)40-16-9(3-37-42(35,44)41-17)2-10(14(16)32)30-6-27-13-19(30)28-22(23)29-20(13)34/h5-7,9-11,14-17,21,32-33H,2-4H2,1H3,(H,35,44)(H,36,45)(H3,23,28,29,34)/t9-,10-,11-,14+,15-,16-,17?,21-,42?,43?/m1/s1. The molecule has 4 aromatic heterocycles. The molecule has 45 heavy (non-hydrogen) atoms. The Labute approximate surface area is 262 Å². The number of nitrogens with two attached hydrogens (primary N) is 1. The van der Waals surface area contributed by atoms with Crippen LogP contribution in [-0.4, -0.2) is 103 Å². The first kappa shape index (κ1) is 31.3. The first-order valence-corrected chi connectivity index (χ1v) is 18.7. The smallest absolute Gasteiger partial charge is 0.325 e. The Balaban J connectivity index is 1.21. The zero-order valence-corrected chi connectivity index (χ0v) is 26.6. The predicted octanol–water partition coefficient (Wildman–Crippen LogP) is -0.719. The molecule has 0 amide bonds. The number of hydrogen-bond donors (Lipinski definition) is 6. The lowest BCUT2D eigenvalue weighted by Crippen LogP contribution is -2.35. The minimum absolute atomic E-state index is 0.00135. The third kappa shape index (κ3) is 5.65. The summed E-state index contributed by atoms with van der Waals surface area (Å²) in [6.45, 7) is -7.21. The maximum atomic E-state index is 12.3. The number of rotatable bonds is 2. The number of aliphatic hydroxyl groups excluding tert-OH is 2. The highest BCUT2D eigenvalue weighted by Gasteiger charge is 2.52. The van der Waals surface area contributed by atoms with Crippen molar-refractivity contribution in [3.05, 3.63) is 35.0 Å². The van der Waals surface area contributed by atoms with Crippen molar-refractivity contribution in [3.63, 3.8) is 0 Å². The summed E-state index contributed by atoms with van der Waals surface area (Å²) in [5, 5.41) is 22.6. The van der Waals surface area contributed by atoms with E-state index in [-0.39, 0.29) is 30.1 Å². The summed E-state index contributed by atoms with van der Waals surface area (Å²) in [6.07, 6.45) is -3.28. The third-order valence-electron chi connectivity index (χ3n) is 8.04. The number of nitrogen functional groups attached to an aromatic ring is 1. The second-order valence-corrected chi connectivity index (χ2v) is 16.4. The van der Waals surface area contributed by atoms with E-state index < -0.39 is 74.3 Å². The van der Waals surface area contributed by atoms with Crippen molar-refractivity contribution in [1.82, 2.24) is 39.0 Å². The van der Waals surface area contributed by atoms with Crippen LogP contribution in [0.5, 0.6) is 0 Å². The van der Waals surface area contributed by atoms with Crippen LogP contribution in [0.2, 0.25) is 0 Å². The molecular weight excluding hydrogens is 676 g/mol. The molecule has 1 saturated carbocycles. The van der Waals surface area contributed by atoms with E-state index in [1.165, 1.54) is 28.1 Å². The van der Waals surface area contributed by atoms with E-state index in [0.29, 0.717) is 16.9 Å². The number of ether oxygens (including phenoxy) is 1. The number of anilines is 1. The van der Waals surface area contributed by atoms with Gasteiger partial charge in [0.15, 0.2) is 23.0 Å². The van der Waals surface area contributed by atoms with Gasteiger partial charge in [-0.25, -0.2) is 19.9 Å². The summed E-state index contributed by atoms with van der Waals surface area (Å²) < 4.78 is 32.0. The van der Waals surface area contributed by atoms with E-state index in [1.807, 2.05) is 0 Å². The number of hydrogen-bond acceptors (Lipinski definition) is 16. The SMILES string of the molecule is Cc1ncnc2c1ncn2[C@@H]1O[C@@H]2COP(O)(=S)O[C@@H]3[C@@H](COP(O)(=S)OC1[C@@H]2O)C[C@@H](n1cnc2c(=O)[nH]c(N)nc21)[C@@H]3O. The van der Waals surface area contributed by atoms with Crippen LogP contribution in [0.25, 0.3) is 22.3 Å². The molecule has 3 unspecified atom stereocenters. The first-order chi connectivity index (χ1) is 21.3. The molecule has 19 nitrogen and oxygen atoms in total. The number of nitrogens with one attached hydrogen (secondary N) is 1. The van der Waals surface area contributed by atoms with Crippen LogP contribution in [0.3, 0.4) is 0 Å². The van der Waals surface area contributed by atoms with Gasteiger partial charge in [-0.05, 0) is 37.0 Å². The maximum absolute atomic E-state index is 12.3. The van der Waals surface area contributed by atoms with Gasteiger partial charge in [0.05, 0.1) is 37.6 Å². The lowest BCUT2D eigenvalue weighted by molar-refractivity contribution is -0.0548. The molecular formula is C22H27N9O10P2S2. The Morgan fingerprint density at radius 3 is 2.42 bits per heavy atom. The van der Waals surface area contributed by atoms with Crippen LogP contribution >= 0.6 is 13.4 Å². The van der Waals surface area contributed by atoms with Gasteiger partial charge in [-0.15, -0.1) is 0 Å². The quantitative estimate of drug-likeness (QED) is 0.141. The molecule has 10 atom stereocenters. The van der Waals surface area contributed by atoms with Gasteiger partial charge in [0.25, 0.3) is 5.56 Å². The lowest BCUT2D eigenvalue weighted by atomic mass is 10.1. The number of aryl methyl sites for hydroxylation is 1. The van der Waals surface area contributed by atoms with E-state index in [2.05, 4.69) is 29.9 Å². The highest BCUT2D eigenvalue weighted by molar-refractivity contribution is 8.07. The first-order valence-electron chi connectivity index (χ1n) is 13.5. The largest absolute Gasteiger partial charge is 0.388 e. The van der Waals surface area contributed by atoms with Crippen LogP contribution in [0.1, 0.15) is 24.4 Å². The van der Waals surface area contributed by atoms with E-state index >= 15 is 0 Å². The number of fused-ring (bicyclic) bond motifs is 5. The van der Waals surface area contributed by atoms with Gasteiger partial charge in [0, 0.05) is 5.92 Å². The normalized spacial score (nSPS) is 37.7. The van der Waals surface area contributed by atoms with Crippen LogP contribution in [0, 0.1) is 12.8 Å². The Morgan fingerprint density at radius 2 is 1.64 bits per heavy atom. The molecule has 3 aliphatic rings. The van der Waals surface area contributed by atoms with E-state index in [1.54, 1.807) is 6.92 Å². The van der Waals surface area contributed by atoms with Gasteiger partial charge in [0.1, 0.15) is 42.4 Å².